The van der Waals surface area contributed by atoms with Gasteiger partial charge in [-0.2, -0.15) is 0 Å². The number of ether oxygens (including phenoxy) is 1. The number of amides is 1. The summed E-state index contributed by atoms with van der Waals surface area (Å²) in [7, 11) is -2.39. The Bertz CT molecular complexity index is 915. The number of esters is 1. The van der Waals surface area contributed by atoms with Gasteiger partial charge in [0.15, 0.2) is 6.10 Å². The van der Waals surface area contributed by atoms with Crippen molar-refractivity contribution in [1.29, 1.82) is 0 Å². The fourth-order valence-electron chi connectivity index (χ4n) is 2.39. The summed E-state index contributed by atoms with van der Waals surface area (Å²) in [5, 5.41) is 4.59. The number of thiophene rings is 1. The molecule has 1 aromatic heterocycles. The molecule has 2 aromatic rings. The number of carbonyl (C=O) groups excluding carboxylic acids is 2. The maximum atomic E-state index is 13.0. The van der Waals surface area contributed by atoms with Crippen LogP contribution in [0, 0.1) is 5.82 Å². The lowest BCUT2D eigenvalue weighted by Gasteiger charge is -2.17. The van der Waals surface area contributed by atoms with Crippen LogP contribution in [-0.2, 0) is 30.9 Å². The Balaban J connectivity index is 1.74. The van der Waals surface area contributed by atoms with E-state index in [2.05, 4.69) is 5.32 Å². The molecule has 0 bridgehead atoms. The van der Waals surface area contributed by atoms with Crippen molar-refractivity contribution in [3.8, 4) is 0 Å². The van der Waals surface area contributed by atoms with Crippen molar-refractivity contribution in [2.75, 3.05) is 13.6 Å². The molecule has 1 atom stereocenters. The Morgan fingerprint density at radius 3 is 2.55 bits per heavy atom. The van der Waals surface area contributed by atoms with Gasteiger partial charge in [-0.1, -0.05) is 6.07 Å². The van der Waals surface area contributed by atoms with Crippen LogP contribution < -0.4 is 5.32 Å². The van der Waals surface area contributed by atoms with E-state index in [1.807, 2.05) is 17.5 Å². The van der Waals surface area contributed by atoms with E-state index in [0.29, 0.717) is 6.54 Å². The fraction of sp³-hybridized carbons (Fsp3) is 0.368. The molecule has 29 heavy (non-hydrogen) atoms. The highest BCUT2D eigenvalue weighted by Crippen LogP contribution is 2.15. The van der Waals surface area contributed by atoms with Gasteiger partial charge in [0.2, 0.25) is 10.0 Å². The molecule has 0 aliphatic rings. The van der Waals surface area contributed by atoms with E-state index in [0.717, 1.165) is 21.3 Å². The summed E-state index contributed by atoms with van der Waals surface area (Å²) in [5.74, 6) is -1.51. The molecule has 0 fully saturated rings. The van der Waals surface area contributed by atoms with Crippen molar-refractivity contribution in [2.24, 2.45) is 0 Å². The number of nitrogens with zero attached hydrogens (tertiary/aromatic N) is 1. The highest BCUT2D eigenvalue weighted by Gasteiger charge is 2.22. The Morgan fingerprint density at radius 1 is 1.24 bits per heavy atom. The van der Waals surface area contributed by atoms with Crippen LogP contribution in [0.3, 0.4) is 0 Å². The molecule has 2 rings (SSSR count). The first-order valence-electron chi connectivity index (χ1n) is 8.91. The van der Waals surface area contributed by atoms with Crippen molar-refractivity contribution in [3.05, 3.63) is 52.5 Å². The Hall–Kier alpha value is -2.30. The van der Waals surface area contributed by atoms with Crippen LogP contribution in [0.2, 0.25) is 0 Å². The van der Waals surface area contributed by atoms with E-state index in [-0.39, 0.29) is 24.3 Å². The van der Waals surface area contributed by atoms with Gasteiger partial charge in [0.25, 0.3) is 5.91 Å². The number of nitrogens with one attached hydrogen (secondary N) is 1. The SMILES string of the molecule is CC(OC(=O)CCCN(C)S(=O)(=O)c1ccc(F)cc1)C(=O)NCc1cccs1. The molecule has 0 aliphatic carbocycles. The molecule has 0 spiro atoms. The summed E-state index contributed by atoms with van der Waals surface area (Å²) in [5.41, 5.74) is 0. The normalized spacial score (nSPS) is 12.6. The number of hydrogen-bond donors (Lipinski definition) is 1. The molecule has 0 saturated carbocycles. The summed E-state index contributed by atoms with van der Waals surface area (Å²) in [6, 6.07) is 8.28. The largest absolute Gasteiger partial charge is 0.453 e. The smallest absolute Gasteiger partial charge is 0.306 e. The molecule has 1 heterocycles. The maximum Gasteiger partial charge on any atom is 0.306 e. The van der Waals surface area contributed by atoms with E-state index >= 15 is 0 Å². The van der Waals surface area contributed by atoms with Gasteiger partial charge in [-0.3, -0.25) is 9.59 Å². The van der Waals surface area contributed by atoms with Gasteiger partial charge < -0.3 is 10.1 Å². The number of sulfonamides is 1. The minimum Gasteiger partial charge on any atom is -0.453 e. The van der Waals surface area contributed by atoms with Crippen molar-refractivity contribution in [2.45, 2.75) is 37.3 Å². The van der Waals surface area contributed by atoms with Gasteiger partial charge in [0.1, 0.15) is 5.82 Å². The number of rotatable bonds is 10. The second-order valence-corrected chi connectivity index (χ2v) is 9.39. The van der Waals surface area contributed by atoms with Gasteiger partial charge in [0.05, 0.1) is 11.4 Å². The average molecular weight is 443 g/mol. The van der Waals surface area contributed by atoms with Crippen molar-refractivity contribution in [3.63, 3.8) is 0 Å². The van der Waals surface area contributed by atoms with Crippen LogP contribution in [0.4, 0.5) is 4.39 Å². The quantitative estimate of drug-likeness (QED) is 0.571. The zero-order valence-electron chi connectivity index (χ0n) is 16.1. The Morgan fingerprint density at radius 2 is 1.93 bits per heavy atom. The van der Waals surface area contributed by atoms with E-state index < -0.39 is 33.8 Å². The predicted octanol–water partition coefficient (Wildman–Crippen LogP) is 2.54. The zero-order chi connectivity index (χ0) is 21.4. The Labute approximate surface area is 173 Å². The third kappa shape index (κ3) is 6.91. The number of carbonyl (C=O) groups is 2. The second kappa shape index (κ2) is 10.5. The van der Waals surface area contributed by atoms with Crippen molar-refractivity contribution in [1.82, 2.24) is 9.62 Å². The lowest BCUT2D eigenvalue weighted by molar-refractivity contribution is -0.155. The van der Waals surface area contributed by atoms with Gasteiger partial charge in [-0.25, -0.2) is 17.1 Å². The van der Waals surface area contributed by atoms with Gasteiger partial charge >= 0.3 is 5.97 Å². The van der Waals surface area contributed by atoms with Crippen LogP contribution in [0.5, 0.6) is 0 Å². The topological polar surface area (TPSA) is 92.8 Å². The lowest BCUT2D eigenvalue weighted by Crippen LogP contribution is -2.35. The van der Waals surface area contributed by atoms with Crippen LogP contribution in [0.15, 0.2) is 46.7 Å². The molecular formula is C19H23FN2O5S2. The van der Waals surface area contributed by atoms with E-state index in [1.165, 1.54) is 37.4 Å². The minimum absolute atomic E-state index is 0.0278. The van der Waals surface area contributed by atoms with Crippen LogP contribution in [-0.4, -0.2) is 44.3 Å². The number of hydrogen-bond acceptors (Lipinski definition) is 6. The molecule has 0 radical (unpaired) electrons. The summed E-state index contributed by atoms with van der Waals surface area (Å²) in [6.45, 7) is 1.92. The molecule has 1 aromatic carbocycles. The monoisotopic (exact) mass is 442 g/mol. The summed E-state index contributed by atoms with van der Waals surface area (Å²) in [4.78, 5) is 24.9. The van der Waals surface area contributed by atoms with E-state index in [4.69, 9.17) is 4.74 Å². The summed E-state index contributed by atoms with van der Waals surface area (Å²) in [6.07, 6.45) is -0.756. The number of benzene rings is 1. The van der Waals surface area contributed by atoms with Gasteiger partial charge in [0, 0.05) is 24.9 Å². The third-order valence-electron chi connectivity index (χ3n) is 4.07. The molecule has 10 heteroatoms. The highest BCUT2D eigenvalue weighted by atomic mass is 32.2. The maximum absolute atomic E-state index is 13.0. The standard InChI is InChI=1S/C19H23FN2O5S2/c1-14(19(24)21-13-16-5-4-12-28-16)27-18(23)6-3-11-22(2)29(25,26)17-9-7-15(20)8-10-17/h4-5,7-10,12,14H,3,6,11,13H2,1-2H3,(H,21,24). The molecule has 0 saturated heterocycles. The van der Waals surface area contributed by atoms with Crippen LogP contribution in [0.1, 0.15) is 24.6 Å². The first-order chi connectivity index (χ1) is 13.7. The third-order valence-corrected chi connectivity index (χ3v) is 6.82. The molecule has 1 unspecified atom stereocenters. The molecule has 7 nitrogen and oxygen atoms in total. The molecular weight excluding hydrogens is 419 g/mol. The van der Waals surface area contributed by atoms with E-state index in [1.54, 1.807) is 0 Å². The van der Waals surface area contributed by atoms with Crippen LogP contribution in [0.25, 0.3) is 0 Å². The fourth-order valence-corrected chi connectivity index (χ4v) is 4.25. The molecule has 1 N–H and O–H groups in total. The molecule has 0 aliphatic heterocycles. The first kappa shape index (κ1) is 23.0. The summed E-state index contributed by atoms with van der Waals surface area (Å²) < 4.78 is 43.9. The molecule has 158 valence electrons. The van der Waals surface area contributed by atoms with E-state index in [9.17, 15) is 22.4 Å². The first-order valence-corrected chi connectivity index (χ1v) is 11.2. The van der Waals surface area contributed by atoms with Crippen LogP contribution >= 0.6 is 11.3 Å². The predicted molar refractivity (Wildman–Crippen MR) is 107 cm³/mol. The van der Waals surface area contributed by atoms with Gasteiger partial charge in [-0.15, -0.1) is 11.3 Å². The number of halogens is 1. The van der Waals surface area contributed by atoms with Crippen molar-refractivity contribution >= 4 is 33.2 Å². The average Bonchev–Trinajstić information content (AvgIpc) is 3.19. The van der Waals surface area contributed by atoms with Gasteiger partial charge in [-0.05, 0) is 49.1 Å². The molecule has 1 amide bonds. The Kier molecular flexibility index (Phi) is 8.30. The lowest BCUT2D eigenvalue weighted by atomic mass is 10.3. The summed E-state index contributed by atoms with van der Waals surface area (Å²) >= 11 is 1.51. The second-order valence-electron chi connectivity index (χ2n) is 6.31. The zero-order valence-corrected chi connectivity index (χ0v) is 17.8. The highest BCUT2D eigenvalue weighted by molar-refractivity contribution is 7.89. The minimum atomic E-state index is -3.77. The van der Waals surface area contributed by atoms with Crippen molar-refractivity contribution < 1.29 is 27.1 Å².